The minimum absolute atomic E-state index is 0.139. The maximum absolute atomic E-state index is 9.37. The lowest BCUT2D eigenvalue weighted by atomic mass is 10.2. The van der Waals surface area contributed by atoms with Crippen LogP contribution in [0, 0.1) is 0 Å². The Hall–Kier alpha value is 0.270. The van der Waals surface area contributed by atoms with Gasteiger partial charge in [0.2, 0.25) is 0 Å². The van der Waals surface area contributed by atoms with Crippen molar-refractivity contribution in [3.05, 3.63) is 0 Å². The predicted octanol–water partition coefficient (Wildman–Crippen LogP) is 1.26. The van der Waals surface area contributed by atoms with Gasteiger partial charge in [0, 0.05) is 10.5 Å². The normalized spacial score (nSPS) is 13.6. The Morgan fingerprint density at radius 1 is 1.18 bits per heavy atom. The lowest BCUT2D eigenvalue weighted by molar-refractivity contribution is 0.106. The third-order valence-corrected chi connectivity index (χ3v) is 2.96. The Bertz CT molecular complexity index is 116. The second-order valence-electron chi connectivity index (χ2n) is 4.02. The molecule has 0 fully saturated rings. The van der Waals surface area contributed by atoms with Gasteiger partial charge in [-0.15, -0.1) is 0 Å². The average Bonchev–Trinajstić information content (AvgIpc) is 1.83. The monoisotopic (exact) mass is 178 g/mol. The third-order valence-electron chi connectivity index (χ3n) is 1.20. The van der Waals surface area contributed by atoms with Crippen LogP contribution in [0.2, 0.25) is 0 Å². The zero-order valence-corrected chi connectivity index (χ0v) is 8.53. The number of hydrogen-bond donors (Lipinski definition) is 2. The molecule has 0 aromatic carbocycles. The van der Waals surface area contributed by atoms with E-state index in [-0.39, 0.29) is 11.4 Å². The van der Waals surface area contributed by atoms with Gasteiger partial charge in [-0.3, -0.25) is 0 Å². The number of aliphatic hydroxyl groups excluding tert-OH is 1. The summed E-state index contributed by atoms with van der Waals surface area (Å²) in [6.45, 7) is 7.61. The van der Waals surface area contributed by atoms with Crippen molar-refractivity contribution in [1.82, 2.24) is 0 Å². The van der Waals surface area contributed by atoms with E-state index in [0.29, 0.717) is 5.75 Å². The van der Waals surface area contributed by atoms with Crippen molar-refractivity contribution < 1.29 is 10.2 Å². The molecule has 0 bridgehead atoms. The van der Waals surface area contributed by atoms with Crippen molar-refractivity contribution in [3.8, 4) is 0 Å². The summed E-state index contributed by atoms with van der Waals surface area (Å²) in [5.74, 6) is 0.653. The summed E-state index contributed by atoms with van der Waals surface area (Å²) in [5, 5.41) is 18.3. The fourth-order valence-corrected chi connectivity index (χ4v) is 1.25. The first-order chi connectivity index (χ1) is 4.77. The van der Waals surface area contributed by atoms with Crippen molar-refractivity contribution in [1.29, 1.82) is 0 Å². The molecule has 0 spiro atoms. The average molecular weight is 178 g/mol. The molecule has 0 atom stereocenters. The molecule has 0 saturated heterocycles. The highest BCUT2D eigenvalue weighted by Gasteiger charge is 2.21. The molecular weight excluding hydrogens is 160 g/mol. The molecule has 0 aromatic heterocycles. The van der Waals surface area contributed by atoms with Gasteiger partial charge in [-0.1, -0.05) is 0 Å². The van der Waals surface area contributed by atoms with Crippen molar-refractivity contribution in [2.24, 2.45) is 0 Å². The number of hydrogen-bond acceptors (Lipinski definition) is 3. The summed E-state index contributed by atoms with van der Waals surface area (Å²) in [7, 11) is 0. The molecule has 2 N–H and O–H groups in total. The van der Waals surface area contributed by atoms with E-state index in [1.165, 1.54) is 0 Å². The molecule has 0 aliphatic carbocycles. The molecule has 0 heterocycles. The maximum atomic E-state index is 9.37. The summed E-state index contributed by atoms with van der Waals surface area (Å²) < 4.78 is -0.139. The van der Waals surface area contributed by atoms with Crippen LogP contribution in [0.25, 0.3) is 0 Å². The lowest BCUT2D eigenvalue weighted by Gasteiger charge is -2.25. The molecule has 3 heteroatoms. The van der Waals surface area contributed by atoms with Gasteiger partial charge in [-0.25, -0.2) is 0 Å². The van der Waals surface area contributed by atoms with E-state index in [0.717, 1.165) is 0 Å². The lowest BCUT2D eigenvalue weighted by Crippen LogP contribution is -2.28. The third kappa shape index (κ3) is 6.66. The van der Waals surface area contributed by atoms with Crippen LogP contribution in [-0.4, -0.2) is 32.9 Å². The van der Waals surface area contributed by atoms with Crippen molar-refractivity contribution >= 4 is 11.8 Å². The Balaban J connectivity index is 3.70. The Morgan fingerprint density at radius 3 is 1.91 bits per heavy atom. The van der Waals surface area contributed by atoms with Gasteiger partial charge >= 0.3 is 0 Å². The topological polar surface area (TPSA) is 40.5 Å². The van der Waals surface area contributed by atoms with Gasteiger partial charge in [-0.2, -0.15) is 11.8 Å². The fraction of sp³-hybridized carbons (Fsp3) is 1.00. The second kappa shape index (κ2) is 3.78. The quantitative estimate of drug-likeness (QED) is 0.681. The van der Waals surface area contributed by atoms with Crippen LogP contribution in [-0.2, 0) is 0 Å². The van der Waals surface area contributed by atoms with Gasteiger partial charge < -0.3 is 10.2 Å². The van der Waals surface area contributed by atoms with Crippen LogP contribution in [0.3, 0.4) is 0 Å². The molecule has 0 unspecified atom stereocenters. The van der Waals surface area contributed by atoms with Crippen LogP contribution < -0.4 is 0 Å². The van der Waals surface area contributed by atoms with E-state index in [1.54, 1.807) is 25.6 Å². The van der Waals surface area contributed by atoms with E-state index in [4.69, 9.17) is 5.11 Å². The molecule has 0 saturated carbocycles. The molecule has 0 aromatic rings. The first-order valence-corrected chi connectivity index (χ1v) is 4.73. The van der Waals surface area contributed by atoms with Gasteiger partial charge in [0.1, 0.15) is 0 Å². The van der Waals surface area contributed by atoms with Gasteiger partial charge in [0.25, 0.3) is 0 Å². The first kappa shape index (κ1) is 11.3. The van der Waals surface area contributed by atoms with Crippen molar-refractivity contribution in [2.75, 3.05) is 12.4 Å². The van der Waals surface area contributed by atoms with E-state index in [1.807, 2.05) is 13.8 Å². The van der Waals surface area contributed by atoms with Gasteiger partial charge in [-0.05, 0) is 27.7 Å². The van der Waals surface area contributed by atoms with E-state index in [9.17, 15) is 5.11 Å². The molecule has 0 rings (SSSR count). The molecule has 2 nitrogen and oxygen atoms in total. The second-order valence-corrected chi connectivity index (χ2v) is 5.70. The standard InChI is InChI=1S/C8H18O2S/c1-7(2,10)6-11-8(3,4)5-9/h9-10H,5-6H2,1-4H3. The minimum Gasteiger partial charge on any atom is -0.395 e. The van der Waals surface area contributed by atoms with E-state index >= 15 is 0 Å². The van der Waals surface area contributed by atoms with Crippen LogP contribution >= 0.6 is 11.8 Å². The Morgan fingerprint density at radius 2 is 1.64 bits per heavy atom. The zero-order valence-electron chi connectivity index (χ0n) is 7.72. The van der Waals surface area contributed by atoms with Crippen LogP contribution in [0.5, 0.6) is 0 Å². The summed E-state index contributed by atoms with van der Waals surface area (Å²) in [6.07, 6.45) is 0. The number of thioether (sulfide) groups is 1. The summed E-state index contributed by atoms with van der Waals surface area (Å²) in [5.41, 5.74) is -0.642. The molecule has 0 radical (unpaired) electrons. The smallest absolute Gasteiger partial charge is 0.0682 e. The Kier molecular flexibility index (Phi) is 3.88. The fourth-order valence-electron chi connectivity index (χ4n) is 0.418. The van der Waals surface area contributed by atoms with Crippen LogP contribution in [0.1, 0.15) is 27.7 Å². The Labute approximate surface area is 73.0 Å². The van der Waals surface area contributed by atoms with Crippen LogP contribution in [0.4, 0.5) is 0 Å². The molecule has 68 valence electrons. The molecule has 0 amide bonds. The van der Waals surface area contributed by atoms with E-state index in [2.05, 4.69) is 0 Å². The summed E-state index contributed by atoms with van der Waals surface area (Å²) >= 11 is 1.59. The van der Waals surface area contributed by atoms with E-state index < -0.39 is 5.60 Å². The highest BCUT2D eigenvalue weighted by molar-refractivity contribution is 8.00. The van der Waals surface area contributed by atoms with Crippen LogP contribution in [0.15, 0.2) is 0 Å². The molecule has 0 aliphatic rings. The molecule has 11 heavy (non-hydrogen) atoms. The van der Waals surface area contributed by atoms with Gasteiger partial charge in [0.05, 0.1) is 12.2 Å². The highest BCUT2D eigenvalue weighted by Crippen LogP contribution is 2.26. The van der Waals surface area contributed by atoms with Gasteiger partial charge in [0.15, 0.2) is 0 Å². The van der Waals surface area contributed by atoms with Crippen molar-refractivity contribution in [3.63, 3.8) is 0 Å². The van der Waals surface area contributed by atoms with Crippen molar-refractivity contribution in [2.45, 2.75) is 38.0 Å². The minimum atomic E-state index is -0.642. The number of rotatable bonds is 4. The molecule has 0 aliphatic heterocycles. The SMILES string of the molecule is CC(C)(O)CSC(C)(C)CO. The maximum Gasteiger partial charge on any atom is 0.0682 e. The first-order valence-electron chi connectivity index (χ1n) is 3.74. The largest absolute Gasteiger partial charge is 0.395 e. The number of aliphatic hydroxyl groups is 2. The highest BCUT2D eigenvalue weighted by atomic mass is 32.2. The predicted molar refractivity (Wildman–Crippen MR) is 49.9 cm³/mol. The summed E-state index contributed by atoms with van der Waals surface area (Å²) in [6, 6.07) is 0. The zero-order chi connectivity index (χ0) is 9.12. The molecular formula is C8H18O2S. The summed E-state index contributed by atoms with van der Waals surface area (Å²) in [4.78, 5) is 0.